The summed E-state index contributed by atoms with van der Waals surface area (Å²) in [5.41, 5.74) is 0. The molecule has 0 aromatic rings. The topological polar surface area (TPSA) is 47.6 Å². The van der Waals surface area contributed by atoms with Crippen LogP contribution in [-0.2, 0) is 14.3 Å². The number of methoxy groups -OCH3 is 2. The first kappa shape index (κ1) is 16.7. The molecule has 0 amide bonds. The van der Waals surface area contributed by atoms with Crippen LogP contribution in [0.4, 0.5) is 0 Å². The molecular weight excluding hydrogens is 238 g/mol. The van der Waals surface area contributed by atoms with Crippen LogP contribution in [0.2, 0.25) is 0 Å². The number of carbonyl (C=O) groups excluding carboxylic acids is 1. The zero-order valence-electron chi connectivity index (χ0n) is 11.3. The molecule has 0 aliphatic rings. The maximum atomic E-state index is 11.5. The molecule has 5 heteroatoms. The highest BCUT2D eigenvalue weighted by Crippen LogP contribution is 2.08. The van der Waals surface area contributed by atoms with Crippen molar-refractivity contribution >= 4 is 17.7 Å². The SMILES string of the molecule is COCCCSCCC(NC(C)C)C(=O)OC. The minimum absolute atomic E-state index is 0.170. The Kier molecular flexibility index (Phi) is 10.7. The van der Waals surface area contributed by atoms with E-state index in [1.165, 1.54) is 7.11 Å². The lowest BCUT2D eigenvalue weighted by Gasteiger charge is -2.18. The standard InChI is InChI=1S/C12H25NO3S/c1-10(2)13-11(12(14)16-4)6-9-17-8-5-7-15-3/h10-11,13H,5-9H2,1-4H3. The van der Waals surface area contributed by atoms with Crippen LogP contribution in [0.1, 0.15) is 26.7 Å². The first-order valence-electron chi connectivity index (χ1n) is 6.02. The number of hydrogen-bond acceptors (Lipinski definition) is 5. The van der Waals surface area contributed by atoms with Crippen molar-refractivity contribution in [3.63, 3.8) is 0 Å². The first-order chi connectivity index (χ1) is 8.11. The van der Waals surface area contributed by atoms with Crippen LogP contribution >= 0.6 is 11.8 Å². The lowest BCUT2D eigenvalue weighted by molar-refractivity contribution is -0.143. The third-order valence-corrected chi connectivity index (χ3v) is 3.31. The highest BCUT2D eigenvalue weighted by atomic mass is 32.2. The maximum absolute atomic E-state index is 11.5. The van der Waals surface area contributed by atoms with Crippen LogP contribution in [0.5, 0.6) is 0 Å². The van der Waals surface area contributed by atoms with E-state index in [1.807, 2.05) is 25.6 Å². The van der Waals surface area contributed by atoms with Crippen molar-refractivity contribution in [1.29, 1.82) is 0 Å². The summed E-state index contributed by atoms with van der Waals surface area (Å²) >= 11 is 1.85. The Morgan fingerprint density at radius 2 is 2.00 bits per heavy atom. The number of rotatable bonds is 10. The molecule has 1 unspecified atom stereocenters. The Morgan fingerprint density at radius 1 is 1.29 bits per heavy atom. The molecule has 0 heterocycles. The molecule has 0 aromatic heterocycles. The lowest BCUT2D eigenvalue weighted by Crippen LogP contribution is -2.41. The fraction of sp³-hybridized carbons (Fsp3) is 0.917. The van der Waals surface area contributed by atoms with Crippen molar-refractivity contribution in [1.82, 2.24) is 5.32 Å². The van der Waals surface area contributed by atoms with E-state index in [1.54, 1.807) is 7.11 Å². The van der Waals surface area contributed by atoms with E-state index in [9.17, 15) is 4.79 Å². The zero-order valence-corrected chi connectivity index (χ0v) is 12.1. The van der Waals surface area contributed by atoms with Crippen molar-refractivity contribution in [2.45, 2.75) is 38.8 Å². The molecule has 0 saturated carbocycles. The average Bonchev–Trinajstić information content (AvgIpc) is 2.30. The van der Waals surface area contributed by atoms with Gasteiger partial charge >= 0.3 is 5.97 Å². The molecule has 0 aromatic carbocycles. The predicted molar refractivity (Wildman–Crippen MR) is 72.5 cm³/mol. The molecule has 4 nitrogen and oxygen atoms in total. The molecule has 0 saturated heterocycles. The normalized spacial score (nSPS) is 12.8. The Labute approximate surface area is 109 Å². The molecule has 102 valence electrons. The minimum Gasteiger partial charge on any atom is -0.468 e. The number of ether oxygens (including phenoxy) is 2. The van der Waals surface area contributed by atoms with E-state index in [-0.39, 0.29) is 18.1 Å². The summed E-state index contributed by atoms with van der Waals surface area (Å²) in [6.45, 7) is 4.86. The quantitative estimate of drug-likeness (QED) is 0.480. The monoisotopic (exact) mass is 263 g/mol. The molecule has 0 rings (SSSR count). The maximum Gasteiger partial charge on any atom is 0.322 e. The second kappa shape index (κ2) is 10.9. The average molecular weight is 263 g/mol. The summed E-state index contributed by atoms with van der Waals surface area (Å²) in [5, 5.41) is 3.22. The van der Waals surface area contributed by atoms with Gasteiger partial charge in [0.15, 0.2) is 0 Å². The van der Waals surface area contributed by atoms with Crippen LogP contribution in [-0.4, -0.2) is 50.4 Å². The van der Waals surface area contributed by atoms with Gasteiger partial charge in [-0.3, -0.25) is 4.79 Å². The number of nitrogens with one attached hydrogen (secondary N) is 1. The molecule has 0 spiro atoms. The molecule has 17 heavy (non-hydrogen) atoms. The van der Waals surface area contributed by atoms with Crippen molar-refractivity contribution in [3.8, 4) is 0 Å². The summed E-state index contributed by atoms with van der Waals surface area (Å²) in [5.74, 6) is 1.86. The van der Waals surface area contributed by atoms with Crippen LogP contribution in [0.15, 0.2) is 0 Å². The van der Waals surface area contributed by atoms with Gasteiger partial charge in [0.1, 0.15) is 6.04 Å². The van der Waals surface area contributed by atoms with Gasteiger partial charge in [0.25, 0.3) is 0 Å². The van der Waals surface area contributed by atoms with E-state index in [0.717, 1.165) is 31.0 Å². The van der Waals surface area contributed by atoms with Crippen LogP contribution in [0.25, 0.3) is 0 Å². The number of esters is 1. The molecule has 1 atom stereocenters. The number of thioether (sulfide) groups is 1. The van der Waals surface area contributed by atoms with Crippen molar-refractivity contribution < 1.29 is 14.3 Å². The Bertz CT molecular complexity index is 200. The van der Waals surface area contributed by atoms with Gasteiger partial charge in [-0.2, -0.15) is 11.8 Å². The van der Waals surface area contributed by atoms with E-state index < -0.39 is 0 Å². The smallest absolute Gasteiger partial charge is 0.322 e. The second-order valence-electron chi connectivity index (χ2n) is 4.14. The summed E-state index contributed by atoms with van der Waals surface area (Å²) in [4.78, 5) is 11.5. The highest BCUT2D eigenvalue weighted by Gasteiger charge is 2.18. The molecule has 1 N–H and O–H groups in total. The zero-order chi connectivity index (χ0) is 13.1. The van der Waals surface area contributed by atoms with Crippen LogP contribution < -0.4 is 5.32 Å². The fourth-order valence-corrected chi connectivity index (χ4v) is 2.35. The Morgan fingerprint density at radius 3 is 2.53 bits per heavy atom. The molecule has 0 radical (unpaired) electrons. The second-order valence-corrected chi connectivity index (χ2v) is 5.37. The fourth-order valence-electron chi connectivity index (χ4n) is 1.42. The van der Waals surface area contributed by atoms with Gasteiger partial charge in [0.05, 0.1) is 7.11 Å². The first-order valence-corrected chi connectivity index (χ1v) is 7.17. The van der Waals surface area contributed by atoms with Gasteiger partial charge in [-0.15, -0.1) is 0 Å². The van der Waals surface area contributed by atoms with Gasteiger partial charge in [0, 0.05) is 19.8 Å². The van der Waals surface area contributed by atoms with Gasteiger partial charge in [-0.25, -0.2) is 0 Å². The van der Waals surface area contributed by atoms with E-state index in [4.69, 9.17) is 9.47 Å². The van der Waals surface area contributed by atoms with Crippen LogP contribution in [0.3, 0.4) is 0 Å². The van der Waals surface area contributed by atoms with Crippen molar-refractivity contribution in [2.75, 3.05) is 32.3 Å². The third kappa shape index (κ3) is 9.44. The summed E-state index contributed by atoms with van der Waals surface area (Å²) < 4.78 is 9.76. The third-order valence-electron chi connectivity index (χ3n) is 2.21. The van der Waals surface area contributed by atoms with Gasteiger partial charge in [-0.05, 0) is 24.3 Å². The summed E-state index contributed by atoms with van der Waals surface area (Å²) in [6, 6.07) is 0.104. The summed E-state index contributed by atoms with van der Waals surface area (Å²) in [6.07, 6.45) is 1.87. The number of carbonyl (C=O) groups is 1. The summed E-state index contributed by atoms with van der Waals surface area (Å²) in [7, 11) is 3.15. The van der Waals surface area contributed by atoms with Crippen molar-refractivity contribution in [3.05, 3.63) is 0 Å². The molecule has 0 aliphatic carbocycles. The predicted octanol–water partition coefficient (Wildman–Crippen LogP) is 1.69. The van der Waals surface area contributed by atoms with Crippen LogP contribution in [0, 0.1) is 0 Å². The Hall–Kier alpha value is -0.260. The minimum atomic E-state index is -0.185. The molecule has 0 bridgehead atoms. The van der Waals surface area contributed by atoms with E-state index in [0.29, 0.717) is 0 Å². The van der Waals surface area contributed by atoms with Gasteiger partial charge in [0.2, 0.25) is 0 Å². The largest absolute Gasteiger partial charge is 0.468 e. The molecular formula is C12H25NO3S. The van der Waals surface area contributed by atoms with Gasteiger partial charge < -0.3 is 14.8 Å². The highest BCUT2D eigenvalue weighted by molar-refractivity contribution is 7.99. The molecule has 0 fully saturated rings. The number of hydrogen-bond donors (Lipinski definition) is 1. The van der Waals surface area contributed by atoms with Gasteiger partial charge in [-0.1, -0.05) is 13.8 Å². The molecule has 0 aliphatic heterocycles. The van der Waals surface area contributed by atoms with Crippen molar-refractivity contribution in [2.24, 2.45) is 0 Å². The van der Waals surface area contributed by atoms with E-state index >= 15 is 0 Å². The lowest BCUT2D eigenvalue weighted by atomic mass is 10.2. The van der Waals surface area contributed by atoms with E-state index in [2.05, 4.69) is 5.32 Å². The Balaban J connectivity index is 3.72.